The minimum Gasteiger partial charge on any atom is -0.480 e. The van der Waals surface area contributed by atoms with Gasteiger partial charge in [-0.05, 0) is 85.2 Å². The van der Waals surface area contributed by atoms with Gasteiger partial charge in [0.1, 0.15) is 11.5 Å². The number of carboxylic acid groups (broad SMARTS) is 1. The number of benzene rings is 2. The molecule has 1 aliphatic heterocycles. The van der Waals surface area contributed by atoms with Crippen molar-refractivity contribution in [2.45, 2.75) is 43.6 Å². The molecule has 4 rings (SSSR count). The van der Waals surface area contributed by atoms with Gasteiger partial charge in [0.2, 0.25) is 5.91 Å². The van der Waals surface area contributed by atoms with Crippen LogP contribution < -0.4 is 5.32 Å². The summed E-state index contributed by atoms with van der Waals surface area (Å²) in [4.78, 5) is 56.1. The van der Waals surface area contributed by atoms with Crippen LogP contribution in [0.3, 0.4) is 0 Å². The maximum atomic E-state index is 13.3. The fourth-order valence-electron chi connectivity index (χ4n) is 6.01. The molecule has 0 spiro atoms. The fourth-order valence-corrected chi connectivity index (χ4v) is 6.01. The van der Waals surface area contributed by atoms with Crippen molar-refractivity contribution in [3.05, 3.63) is 69.8 Å². The van der Waals surface area contributed by atoms with Gasteiger partial charge in [-0.15, -0.1) is 0 Å². The van der Waals surface area contributed by atoms with Crippen LogP contribution in [-0.2, 0) is 27.8 Å². The number of aryl methyl sites for hydroxylation is 2. The second-order valence-electron chi connectivity index (χ2n) is 11.2. The van der Waals surface area contributed by atoms with E-state index in [0.29, 0.717) is 48.1 Å². The molecule has 0 aromatic heterocycles. The largest absolute Gasteiger partial charge is 0.480 e. The Morgan fingerprint density at radius 2 is 1.51 bits per heavy atom. The van der Waals surface area contributed by atoms with Gasteiger partial charge in [0.25, 0.3) is 11.8 Å². The lowest BCUT2D eigenvalue weighted by atomic mass is 9.69. The number of aliphatic carboxylic acids is 1. The van der Waals surface area contributed by atoms with Crippen molar-refractivity contribution in [3.8, 4) is 6.07 Å². The Morgan fingerprint density at radius 1 is 0.976 bits per heavy atom. The Kier molecular flexibility index (Phi) is 8.78. The fraction of sp³-hybridized carbons (Fsp3) is 0.452. The standard InChI is InChI=1S/C31H37N5O5/c1-34(2)28(38)22-9-11-25-20(16-22)7-8-21-17-23(29(39)35(3)4)10-12-26(21)31(25,30(40)41)13-14-33-19-27(37)36-15-5-6-24(36)18-32/h9-12,16-17,24,33H,5-8,13-15,19H2,1-4H3,(H,40,41)/t24-/m0/s1. The summed E-state index contributed by atoms with van der Waals surface area (Å²) in [5.41, 5.74) is 2.21. The van der Waals surface area contributed by atoms with Crippen LogP contribution in [0.15, 0.2) is 36.4 Å². The van der Waals surface area contributed by atoms with Crippen molar-refractivity contribution < 1.29 is 24.3 Å². The number of amides is 3. The van der Waals surface area contributed by atoms with Crippen LogP contribution in [0.4, 0.5) is 0 Å². The lowest BCUT2D eigenvalue weighted by Gasteiger charge is -2.33. The van der Waals surface area contributed by atoms with Crippen LogP contribution in [0.1, 0.15) is 62.2 Å². The van der Waals surface area contributed by atoms with Crippen molar-refractivity contribution in [2.24, 2.45) is 0 Å². The first-order valence-corrected chi connectivity index (χ1v) is 13.8. The van der Waals surface area contributed by atoms with Gasteiger partial charge in [-0.2, -0.15) is 5.26 Å². The monoisotopic (exact) mass is 559 g/mol. The highest BCUT2D eigenvalue weighted by Crippen LogP contribution is 2.43. The van der Waals surface area contributed by atoms with E-state index in [9.17, 15) is 29.5 Å². The van der Waals surface area contributed by atoms with Gasteiger partial charge in [-0.3, -0.25) is 19.2 Å². The smallest absolute Gasteiger partial charge is 0.318 e. The maximum absolute atomic E-state index is 13.3. The maximum Gasteiger partial charge on any atom is 0.318 e. The Hall–Kier alpha value is -4.23. The number of hydrogen-bond acceptors (Lipinski definition) is 6. The van der Waals surface area contributed by atoms with Gasteiger partial charge in [0.15, 0.2) is 0 Å². The van der Waals surface area contributed by atoms with Gasteiger partial charge < -0.3 is 25.1 Å². The van der Waals surface area contributed by atoms with E-state index in [4.69, 9.17) is 0 Å². The van der Waals surface area contributed by atoms with Crippen molar-refractivity contribution in [1.29, 1.82) is 5.26 Å². The molecule has 1 aliphatic carbocycles. The number of hydrogen-bond donors (Lipinski definition) is 2. The second-order valence-corrected chi connectivity index (χ2v) is 11.2. The van der Waals surface area contributed by atoms with Crippen molar-refractivity contribution in [2.75, 3.05) is 47.8 Å². The van der Waals surface area contributed by atoms with Gasteiger partial charge in [0, 0.05) is 45.9 Å². The van der Waals surface area contributed by atoms with Gasteiger partial charge in [-0.1, -0.05) is 12.1 Å². The molecule has 0 unspecified atom stereocenters. The molecule has 2 N–H and O–H groups in total. The SMILES string of the molecule is CN(C)C(=O)c1ccc2c(c1)CCc1cc(C(=O)N(C)C)ccc1C2(CCNCC(=O)N1CCC[C@H]1C#N)C(=O)O. The van der Waals surface area contributed by atoms with E-state index in [-0.39, 0.29) is 37.2 Å². The molecule has 3 amide bonds. The highest BCUT2D eigenvalue weighted by atomic mass is 16.4. The number of rotatable bonds is 8. The summed E-state index contributed by atoms with van der Waals surface area (Å²) in [6, 6.07) is 12.1. The van der Waals surface area contributed by atoms with Crippen LogP contribution in [0.5, 0.6) is 0 Å². The highest BCUT2D eigenvalue weighted by molar-refractivity contribution is 5.96. The zero-order valence-corrected chi connectivity index (χ0v) is 24.1. The average Bonchev–Trinajstić information content (AvgIpc) is 3.39. The third-order valence-corrected chi connectivity index (χ3v) is 8.14. The summed E-state index contributed by atoms with van der Waals surface area (Å²) in [5, 5.41) is 23.3. The van der Waals surface area contributed by atoms with Gasteiger partial charge in [0.05, 0.1) is 12.6 Å². The van der Waals surface area contributed by atoms with E-state index in [1.54, 1.807) is 69.5 Å². The summed E-state index contributed by atoms with van der Waals surface area (Å²) >= 11 is 0. The number of likely N-dealkylation sites (tertiary alicyclic amines) is 1. The first-order valence-electron chi connectivity index (χ1n) is 13.8. The highest BCUT2D eigenvalue weighted by Gasteiger charge is 2.46. The number of carboxylic acids is 1. The second kappa shape index (κ2) is 12.1. The van der Waals surface area contributed by atoms with E-state index < -0.39 is 17.4 Å². The molecular formula is C31H37N5O5. The van der Waals surface area contributed by atoms with Gasteiger partial charge >= 0.3 is 5.97 Å². The van der Waals surface area contributed by atoms with Crippen LogP contribution in [0, 0.1) is 11.3 Å². The Labute approximate surface area is 240 Å². The topological polar surface area (TPSA) is 134 Å². The van der Waals surface area contributed by atoms with E-state index in [1.165, 1.54) is 9.80 Å². The minimum absolute atomic E-state index is 0.000141. The van der Waals surface area contributed by atoms with E-state index in [1.807, 2.05) is 0 Å². The molecule has 0 radical (unpaired) electrons. The number of carbonyl (C=O) groups excluding carboxylic acids is 3. The third kappa shape index (κ3) is 5.68. The van der Waals surface area contributed by atoms with E-state index in [2.05, 4.69) is 11.4 Å². The van der Waals surface area contributed by atoms with E-state index in [0.717, 1.165) is 17.5 Å². The molecule has 2 aromatic rings. The molecule has 41 heavy (non-hydrogen) atoms. The zero-order chi connectivity index (χ0) is 29.9. The lowest BCUT2D eigenvalue weighted by molar-refractivity contribution is -0.142. The summed E-state index contributed by atoms with van der Waals surface area (Å²) in [6.07, 6.45) is 2.59. The molecule has 216 valence electrons. The molecule has 10 heteroatoms. The lowest BCUT2D eigenvalue weighted by Crippen LogP contribution is -2.44. The molecule has 2 aromatic carbocycles. The number of nitrogens with zero attached hydrogens (tertiary/aromatic N) is 4. The molecular weight excluding hydrogens is 522 g/mol. The minimum atomic E-state index is -1.47. The summed E-state index contributed by atoms with van der Waals surface area (Å²) in [6.45, 7) is 0.763. The van der Waals surface area contributed by atoms with E-state index >= 15 is 0 Å². The number of nitrogens with one attached hydrogen (secondary N) is 1. The number of carbonyl (C=O) groups is 4. The molecule has 1 heterocycles. The zero-order valence-electron chi connectivity index (χ0n) is 24.1. The molecule has 10 nitrogen and oxygen atoms in total. The normalized spacial score (nSPS) is 17.0. The number of nitriles is 1. The summed E-state index contributed by atoms with van der Waals surface area (Å²) in [5.74, 6) is -1.57. The molecule has 0 bridgehead atoms. The molecule has 0 saturated carbocycles. The van der Waals surface area contributed by atoms with Crippen LogP contribution in [0.25, 0.3) is 0 Å². The van der Waals surface area contributed by atoms with Crippen molar-refractivity contribution in [3.63, 3.8) is 0 Å². The Balaban J connectivity index is 1.72. The Morgan fingerprint density at radius 3 is 1.98 bits per heavy atom. The Bertz CT molecular complexity index is 1340. The molecule has 2 aliphatic rings. The average molecular weight is 560 g/mol. The number of fused-ring (bicyclic) bond motifs is 2. The van der Waals surface area contributed by atoms with Crippen LogP contribution in [0.2, 0.25) is 0 Å². The predicted octanol–water partition coefficient (Wildman–Crippen LogP) is 2.05. The first-order chi connectivity index (χ1) is 19.5. The summed E-state index contributed by atoms with van der Waals surface area (Å²) < 4.78 is 0. The predicted molar refractivity (Wildman–Crippen MR) is 153 cm³/mol. The van der Waals surface area contributed by atoms with Gasteiger partial charge in [-0.25, -0.2) is 0 Å². The molecule has 1 fully saturated rings. The van der Waals surface area contributed by atoms with Crippen LogP contribution >= 0.6 is 0 Å². The van der Waals surface area contributed by atoms with Crippen LogP contribution in [-0.4, -0.2) is 97.4 Å². The third-order valence-electron chi connectivity index (χ3n) is 8.14. The summed E-state index contributed by atoms with van der Waals surface area (Å²) in [7, 11) is 6.68. The van der Waals surface area contributed by atoms with Crippen molar-refractivity contribution >= 4 is 23.7 Å². The van der Waals surface area contributed by atoms with Crippen molar-refractivity contribution in [1.82, 2.24) is 20.0 Å². The molecule has 1 saturated heterocycles. The quantitative estimate of drug-likeness (QED) is 0.473. The first kappa shape index (κ1) is 29.7. The molecule has 1 atom stereocenters.